The van der Waals surface area contributed by atoms with E-state index in [1.165, 1.54) is 0 Å². The van der Waals surface area contributed by atoms with Crippen LogP contribution in [0.4, 0.5) is 5.69 Å². The van der Waals surface area contributed by atoms with E-state index in [9.17, 15) is 4.79 Å². The number of benzene rings is 2. The highest BCUT2D eigenvalue weighted by Crippen LogP contribution is 2.17. The molecule has 0 bridgehead atoms. The molecule has 136 valence electrons. The molecule has 0 spiro atoms. The van der Waals surface area contributed by atoms with Crippen molar-refractivity contribution in [2.45, 2.75) is 25.8 Å². The van der Waals surface area contributed by atoms with Crippen LogP contribution in [0.5, 0.6) is 0 Å². The fraction of sp³-hybridized carbons (Fsp3) is 0.300. The summed E-state index contributed by atoms with van der Waals surface area (Å²) >= 11 is 11.5. The lowest BCUT2D eigenvalue weighted by Crippen LogP contribution is -2.47. The van der Waals surface area contributed by atoms with Gasteiger partial charge in [-0.3, -0.25) is 4.79 Å². The Morgan fingerprint density at radius 1 is 1.15 bits per heavy atom. The summed E-state index contributed by atoms with van der Waals surface area (Å²) in [4.78, 5) is 14.6. The van der Waals surface area contributed by atoms with Gasteiger partial charge in [0.25, 0.3) is 5.91 Å². The Kier molecular flexibility index (Phi) is 6.12. The number of amides is 1. The first-order chi connectivity index (χ1) is 12.5. The number of hydrogen-bond acceptors (Lipinski definition) is 2. The number of halogens is 1. The van der Waals surface area contributed by atoms with Crippen LogP contribution in [0.3, 0.4) is 0 Å². The number of aryl methyl sites for hydroxylation is 1. The van der Waals surface area contributed by atoms with E-state index in [1.54, 1.807) is 0 Å². The Hall–Kier alpha value is -2.11. The van der Waals surface area contributed by atoms with Gasteiger partial charge in [-0.05, 0) is 61.8 Å². The number of piperidine rings is 1. The molecule has 1 aliphatic rings. The lowest BCUT2D eigenvalue weighted by Gasteiger charge is -2.34. The predicted octanol–water partition coefficient (Wildman–Crippen LogP) is 4.24. The number of nitrogens with zero attached hydrogens (tertiary/aromatic N) is 1. The van der Waals surface area contributed by atoms with Crippen LogP contribution in [0.15, 0.2) is 48.5 Å². The maximum absolute atomic E-state index is 12.4. The summed E-state index contributed by atoms with van der Waals surface area (Å²) < 4.78 is 0. The first kappa shape index (κ1) is 18.7. The summed E-state index contributed by atoms with van der Waals surface area (Å²) in [5.74, 6) is 0.00109. The molecular formula is C20H22ClN3OS. The van der Waals surface area contributed by atoms with E-state index in [-0.39, 0.29) is 11.9 Å². The number of carbonyl (C=O) groups excluding carboxylic acids is 1. The van der Waals surface area contributed by atoms with E-state index in [2.05, 4.69) is 15.5 Å². The normalized spacial score (nSPS) is 14.8. The predicted molar refractivity (Wildman–Crippen MR) is 111 cm³/mol. The van der Waals surface area contributed by atoms with Crippen LogP contribution < -0.4 is 10.6 Å². The van der Waals surface area contributed by atoms with Crippen LogP contribution in [-0.4, -0.2) is 35.1 Å². The molecule has 2 aromatic rings. The number of rotatable bonds is 3. The smallest absolute Gasteiger partial charge is 0.251 e. The van der Waals surface area contributed by atoms with Gasteiger partial charge in [0.15, 0.2) is 5.11 Å². The van der Waals surface area contributed by atoms with Crippen molar-refractivity contribution in [3.05, 3.63) is 64.7 Å². The molecule has 0 atom stereocenters. The van der Waals surface area contributed by atoms with E-state index in [1.807, 2.05) is 55.5 Å². The van der Waals surface area contributed by atoms with Crippen LogP contribution in [0.1, 0.15) is 28.8 Å². The molecule has 1 saturated heterocycles. The Bertz CT molecular complexity index is 803. The molecule has 0 unspecified atom stereocenters. The lowest BCUT2D eigenvalue weighted by molar-refractivity contribution is 0.0922. The molecule has 0 saturated carbocycles. The highest BCUT2D eigenvalue weighted by atomic mass is 35.5. The molecule has 0 radical (unpaired) electrons. The highest BCUT2D eigenvalue weighted by molar-refractivity contribution is 7.80. The third-order valence-electron chi connectivity index (χ3n) is 4.58. The topological polar surface area (TPSA) is 44.4 Å². The van der Waals surface area contributed by atoms with Crippen LogP contribution in [0, 0.1) is 6.92 Å². The minimum Gasteiger partial charge on any atom is -0.349 e. The van der Waals surface area contributed by atoms with Crippen molar-refractivity contribution in [1.82, 2.24) is 10.2 Å². The summed E-state index contributed by atoms with van der Waals surface area (Å²) in [7, 11) is 0. The monoisotopic (exact) mass is 387 g/mol. The van der Waals surface area contributed by atoms with Crippen molar-refractivity contribution < 1.29 is 4.79 Å². The highest BCUT2D eigenvalue weighted by Gasteiger charge is 2.23. The molecule has 1 amide bonds. The number of carbonyl (C=O) groups is 1. The number of thiocarbonyl (C=S) groups is 1. The maximum Gasteiger partial charge on any atom is 0.251 e. The molecule has 1 fully saturated rings. The van der Waals surface area contributed by atoms with Gasteiger partial charge in [0, 0.05) is 35.4 Å². The summed E-state index contributed by atoms with van der Waals surface area (Å²) in [6, 6.07) is 15.3. The molecule has 6 heteroatoms. The van der Waals surface area contributed by atoms with Crippen molar-refractivity contribution in [1.29, 1.82) is 0 Å². The lowest BCUT2D eigenvalue weighted by atomic mass is 10.0. The largest absolute Gasteiger partial charge is 0.349 e. The molecule has 26 heavy (non-hydrogen) atoms. The Morgan fingerprint density at radius 3 is 2.58 bits per heavy atom. The minimum atomic E-state index is 0.00109. The minimum absolute atomic E-state index is 0.00109. The first-order valence-corrected chi connectivity index (χ1v) is 9.49. The van der Waals surface area contributed by atoms with Crippen LogP contribution >= 0.6 is 23.8 Å². The fourth-order valence-corrected chi connectivity index (χ4v) is 3.58. The van der Waals surface area contributed by atoms with Gasteiger partial charge in [0.2, 0.25) is 0 Å². The third kappa shape index (κ3) is 4.74. The van der Waals surface area contributed by atoms with Crippen molar-refractivity contribution in [2.75, 3.05) is 18.4 Å². The molecular weight excluding hydrogens is 366 g/mol. The molecule has 2 N–H and O–H groups in total. The molecule has 0 aromatic heterocycles. The second-order valence-corrected chi connectivity index (χ2v) is 7.31. The van der Waals surface area contributed by atoms with Gasteiger partial charge >= 0.3 is 0 Å². The van der Waals surface area contributed by atoms with Gasteiger partial charge < -0.3 is 15.5 Å². The Labute approximate surface area is 164 Å². The molecule has 0 aliphatic carbocycles. The molecule has 2 aromatic carbocycles. The maximum atomic E-state index is 12.4. The standard InChI is InChI=1S/C20H22ClN3OS/c1-14-5-2-3-8-18(14)19(25)22-16-9-11-24(12-10-16)20(26)23-17-7-4-6-15(21)13-17/h2-8,13,16H,9-12H2,1H3,(H,22,25)(H,23,26). The number of nitrogens with one attached hydrogen (secondary N) is 2. The van der Waals surface area contributed by atoms with E-state index >= 15 is 0 Å². The van der Waals surface area contributed by atoms with Crippen molar-refractivity contribution in [2.24, 2.45) is 0 Å². The fourth-order valence-electron chi connectivity index (χ4n) is 3.09. The van der Waals surface area contributed by atoms with Gasteiger partial charge in [0.05, 0.1) is 0 Å². The van der Waals surface area contributed by atoms with Crippen molar-refractivity contribution >= 4 is 40.5 Å². The van der Waals surface area contributed by atoms with E-state index in [4.69, 9.17) is 23.8 Å². The zero-order valence-electron chi connectivity index (χ0n) is 14.7. The van der Waals surface area contributed by atoms with Gasteiger partial charge in [-0.15, -0.1) is 0 Å². The van der Waals surface area contributed by atoms with Gasteiger partial charge in [-0.2, -0.15) is 0 Å². The van der Waals surface area contributed by atoms with Gasteiger partial charge in [-0.25, -0.2) is 0 Å². The molecule has 1 aliphatic heterocycles. The summed E-state index contributed by atoms with van der Waals surface area (Å²) in [5, 5.41) is 7.74. The second kappa shape index (κ2) is 8.52. The number of anilines is 1. The van der Waals surface area contributed by atoms with Gasteiger partial charge in [-0.1, -0.05) is 35.9 Å². The van der Waals surface area contributed by atoms with E-state index in [0.29, 0.717) is 10.1 Å². The molecule has 1 heterocycles. The quantitative estimate of drug-likeness (QED) is 0.773. The number of likely N-dealkylation sites (tertiary alicyclic amines) is 1. The Balaban J connectivity index is 1.50. The van der Waals surface area contributed by atoms with Crippen LogP contribution in [0.25, 0.3) is 0 Å². The van der Waals surface area contributed by atoms with Crippen molar-refractivity contribution in [3.63, 3.8) is 0 Å². The summed E-state index contributed by atoms with van der Waals surface area (Å²) in [5.41, 5.74) is 2.62. The average Bonchev–Trinajstić information content (AvgIpc) is 2.62. The SMILES string of the molecule is Cc1ccccc1C(=O)NC1CCN(C(=S)Nc2cccc(Cl)c2)CC1. The zero-order valence-corrected chi connectivity index (χ0v) is 16.2. The molecule has 4 nitrogen and oxygen atoms in total. The second-order valence-electron chi connectivity index (χ2n) is 6.49. The Morgan fingerprint density at radius 2 is 1.88 bits per heavy atom. The molecule has 3 rings (SSSR count). The van der Waals surface area contributed by atoms with E-state index < -0.39 is 0 Å². The number of hydrogen-bond donors (Lipinski definition) is 2. The summed E-state index contributed by atoms with van der Waals surface area (Å²) in [6.45, 7) is 3.58. The van der Waals surface area contributed by atoms with Crippen LogP contribution in [0.2, 0.25) is 5.02 Å². The zero-order chi connectivity index (χ0) is 18.5. The average molecular weight is 388 g/mol. The van der Waals surface area contributed by atoms with Crippen molar-refractivity contribution in [3.8, 4) is 0 Å². The third-order valence-corrected chi connectivity index (χ3v) is 5.18. The van der Waals surface area contributed by atoms with Crippen LogP contribution in [-0.2, 0) is 0 Å². The van der Waals surface area contributed by atoms with Gasteiger partial charge in [0.1, 0.15) is 0 Å². The first-order valence-electron chi connectivity index (χ1n) is 8.71. The summed E-state index contributed by atoms with van der Waals surface area (Å²) in [6.07, 6.45) is 1.74. The van der Waals surface area contributed by atoms with E-state index in [0.717, 1.165) is 42.7 Å².